The first-order chi connectivity index (χ1) is 17.5. The number of rotatable bonds is 6. The van der Waals surface area contributed by atoms with Gasteiger partial charge in [-0.3, -0.25) is 14.5 Å². The molecule has 2 amide bonds. The summed E-state index contributed by atoms with van der Waals surface area (Å²) in [6.45, 7) is 1.97. The third-order valence-corrected chi connectivity index (χ3v) is 7.78. The van der Waals surface area contributed by atoms with E-state index in [1.165, 1.54) is 4.90 Å². The zero-order chi connectivity index (χ0) is 25.0. The van der Waals surface area contributed by atoms with Crippen LogP contribution in [-0.2, 0) is 19.2 Å². The molecule has 2 aromatic carbocycles. The lowest BCUT2D eigenvalue weighted by Crippen LogP contribution is -2.41. The minimum atomic E-state index is -0.445. The predicted octanol–water partition coefficient (Wildman–Crippen LogP) is 2.94. The molecule has 0 radical (unpaired) electrons. The van der Waals surface area contributed by atoms with E-state index in [-0.39, 0.29) is 48.9 Å². The molecule has 0 aromatic heterocycles. The fourth-order valence-electron chi connectivity index (χ4n) is 6.42. The normalized spacial score (nSPS) is 29.3. The van der Waals surface area contributed by atoms with Gasteiger partial charge in [0.25, 0.3) is 0 Å². The number of esters is 1. The maximum atomic E-state index is 13.6. The van der Waals surface area contributed by atoms with E-state index in [0.717, 1.165) is 17.7 Å². The summed E-state index contributed by atoms with van der Waals surface area (Å²) in [5.41, 5.74) is 2.49. The van der Waals surface area contributed by atoms with Crippen LogP contribution in [0.4, 0.5) is 5.69 Å². The van der Waals surface area contributed by atoms with Gasteiger partial charge in [-0.2, -0.15) is 5.26 Å². The van der Waals surface area contributed by atoms with Crippen LogP contribution in [0, 0.1) is 40.9 Å². The lowest BCUT2D eigenvalue weighted by molar-refractivity contribution is -0.125. The van der Waals surface area contributed by atoms with Gasteiger partial charge in [-0.05, 0) is 67.8 Å². The number of nitrogens with zero attached hydrogens (tertiary/aromatic N) is 3. The summed E-state index contributed by atoms with van der Waals surface area (Å²) in [5.74, 6) is -1.30. The molecule has 3 fully saturated rings. The van der Waals surface area contributed by atoms with E-state index in [2.05, 4.69) is 5.16 Å². The quantitative estimate of drug-likeness (QED) is 0.456. The fraction of sp³-hybridized carbons (Fsp3) is 0.370. The number of fused-ring (bicyclic) bond motifs is 8. The van der Waals surface area contributed by atoms with Gasteiger partial charge in [0.2, 0.25) is 11.8 Å². The minimum absolute atomic E-state index is 0.0287. The van der Waals surface area contributed by atoms with Crippen molar-refractivity contribution in [2.75, 3.05) is 18.1 Å². The molecule has 182 valence electrons. The van der Waals surface area contributed by atoms with Crippen LogP contribution in [0.5, 0.6) is 5.75 Å². The number of hydrogen-bond acceptors (Lipinski definition) is 8. The lowest BCUT2D eigenvalue weighted by Gasteiger charge is -2.29. The molecule has 6 rings (SSSR count). The largest absolute Gasteiger partial charge is 0.479 e. The van der Waals surface area contributed by atoms with Crippen LogP contribution in [0.15, 0.2) is 53.7 Å². The monoisotopic (exact) mass is 485 g/mol. The molecule has 2 aromatic rings. The lowest BCUT2D eigenvalue weighted by atomic mass is 9.71. The Labute approximate surface area is 207 Å². The van der Waals surface area contributed by atoms with Crippen LogP contribution in [0.2, 0.25) is 0 Å². The van der Waals surface area contributed by atoms with Crippen molar-refractivity contribution < 1.29 is 28.7 Å². The van der Waals surface area contributed by atoms with Gasteiger partial charge in [0.1, 0.15) is 17.9 Å². The topological polar surface area (TPSA) is 118 Å². The smallest absolute Gasteiger partial charge is 0.338 e. The molecule has 2 bridgehead atoms. The molecule has 0 spiro atoms. The second-order valence-electron chi connectivity index (χ2n) is 9.44. The molecular weight excluding hydrogens is 462 g/mol. The van der Waals surface area contributed by atoms with Crippen molar-refractivity contribution >= 4 is 29.2 Å². The van der Waals surface area contributed by atoms with Gasteiger partial charge in [0, 0.05) is 17.4 Å². The summed E-state index contributed by atoms with van der Waals surface area (Å²) < 4.78 is 10.3. The number of anilines is 1. The Hall–Kier alpha value is -4.19. The summed E-state index contributed by atoms with van der Waals surface area (Å²) in [7, 11) is 0. The van der Waals surface area contributed by atoms with Gasteiger partial charge < -0.3 is 14.3 Å². The highest BCUT2D eigenvalue weighted by Gasteiger charge is 2.70. The van der Waals surface area contributed by atoms with Crippen LogP contribution in [0.25, 0.3) is 0 Å². The summed E-state index contributed by atoms with van der Waals surface area (Å²) in [4.78, 5) is 46.1. The average molecular weight is 485 g/mol. The molecule has 6 atom stereocenters. The standard InChI is InChI=1S/C27H23N3O6/c1-2-34-27(33)15-3-7-16(8-4-15)30-25(31)20-18-13-19(21(20)26(30)32)24-22(18)23(29-36-24)14-5-9-17(10-6-14)35-12-11-28/h3-10,18-22,24H,2,12-13H2,1H3. The number of oxime groups is 1. The maximum Gasteiger partial charge on any atom is 0.338 e. The van der Waals surface area contributed by atoms with Crippen LogP contribution in [0.1, 0.15) is 29.3 Å². The summed E-state index contributed by atoms with van der Waals surface area (Å²) in [6, 6.07) is 15.6. The third-order valence-electron chi connectivity index (χ3n) is 7.78. The number of amides is 2. The maximum absolute atomic E-state index is 13.6. The van der Waals surface area contributed by atoms with Crippen LogP contribution < -0.4 is 9.64 Å². The van der Waals surface area contributed by atoms with E-state index >= 15 is 0 Å². The van der Waals surface area contributed by atoms with Crippen molar-refractivity contribution in [3.8, 4) is 11.8 Å². The van der Waals surface area contributed by atoms with Crippen molar-refractivity contribution in [2.24, 2.45) is 34.7 Å². The highest BCUT2D eigenvalue weighted by Crippen LogP contribution is 2.62. The zero-order valence-corrected chi connectivity index (χ0v) is 19.5. The first-order valence-electron chi connectivity index (χ1n) is 12.0. The molecular formula is C27H23N3O6. The van der Waals surface area contributed by atoms with E-state index < -0.39 is 17.8 Å². The number of nitriles is 1. The molecule has 1 saturated heterocycles. The Kier molecular flexibility index (Phi) is 5.25. The first-order valence-corrected chi connectivity index (χ1v) is 12.0. The molecule has 2 heterocycles. The summed E-state index contributed by atoms with van der Waals surface area (Å²) in [5, 5.41) is 13.1. The van der Waals surface area contributed by atoms with E-state index in [0.29, 0.717) is 17.0 Å². The SMILES string of the molecule is CCOC(=O)c1ccc(N2C(=O)C3C4CC(C5C(c6ccc(OCC#N)cc6)=NOC45)C3C2=O)cc1. The Morgan fingerprint density at radius 2 is 1.75 bits per heavy atom. The van der Waals surface area contributed by atoms with Crippen molar-refractivity contribution in [3.63, 3.8) is 0 Å². The van der Waals surface area contributed by atoms with Gasteiger partial charge in [-0.15, -0.1) is 0 Å². The second kappa shape index (κ2) is 8.48. The molecule has 9 nitrogen and oxygen atoms in total. The van der Waals surface area contributed by atoms with Crippen molar-refractivity contribution in [1.82, 2.24) is 0 Å². The van der Waals surface area contributed by atoms with E-state index in [4.69, 9.17) is 19.6 Å². The van der Waals surface area contributed by atoms with Crippen LogP contribution in [-0.4, -0.2) is 42.8 Å². The van der Waals surface area contributed by atoms with E-state index in [9.17, 15) is 14.4 Å². The van der Waals surface area contributed by atoms with Gasteiger partial charge in [-0.25, -0.2) is 4.79 Å². The molecule has 36 heavy (non-hydrogen) atoms. The number of imide groups is 1. The Morgan fingerprint density at radius 3 is 2.42 bits per heavy atom. The number of carbonyl (C=O) groups is 3. The summed E-state index contributed by atoms with van der Waals surface area (Å²) in [6.07, 6.45) is 0.517. The molecule has 2 aliphatic carbocycles. The van der Waals surface area contributed by atoms with Gasteiger partial charge in [0.15, 0.2) is 6.61 Å². The fourth-order valence-corrected chi connectivity index (χ4v) is 6.42. The van der Waals surface area contributed by atoms with E-state index in [1.54, 1.807) is 43.3 Å². The molecule has 4 aliphatic rings. The Balaban J connectivity index is 1.24. The molecule has 2 saturated carbocycles. The Morgan fingerprint density at radius 1 is 1.06 bits per heavy atom. The molecule has 0 N–H and O–H groups in total. The van der Waals surface area contributed by atoms with Crippen molar-refractivity contribution in [1.29, 1.82) is 5.26 Å². The third kappa shape index (κ3) is 3.21. The highest BCUT2D eigenvalue weighted by molar-refractivity contribution is 6.23. The second-order valence-corrected chi connectivity index (χ2v) is 9.44. The number of hydrogen-bond donors (Lipinski definition) is 0. The predicted molar refractivity (Wildman–Crippen MR) is 126 cm³/mol. The summed E-state index contributed by atoms with van der Waals surface area (Å²) >= 11 is 0. The average Bonchev–Trinajstić information content (AvgIpc) is 3.64. The number of ether oxygens (including phenoxy) is 2. The van der Waals surface area contributed by atoms with Crippen LogP contribution >= 0.6 is 0 Å². The number of carbonyl (C=O) groups excluding carboxylic acids is 3. The van der Waals surface area contributed by atoms with Gasteiger partial charge >= 0.3 is 5.97 Å². The zero-order valence-electron chi connectivity index (χ0n) is 19.5. The highest BCUT2D eigenvalue weighted by atomic mass is 16.6. The number of benzene rings is 2. The minimum Gasteiger partial charge on any atom is -0.479 e. The van der Waals surface area contributed by atoms with Gasteiger partial charge in [0.05, 0.1) is 35.4 Å². The van der Waals surface area contributed by atoms with Crippen molar-refractivity contribution in [2.45, 2.75) is 19.4 Å². The molecule has 9 heteroatoms. The first kappa shape index (κ1) is 22.3. The van der Waals surface area contributed by atoms with Gasteiger partial charge in [-0.1, -0.05) is 5.16 Å². The van der Waals surface area contributed by atoms with Crippen LogP contribution in [0.3, 0.4) is 0 Å². The molecule has 6 unspecified atom stereocenters. The van der Waals surface area contributed by atoms with E-state index in [1.807, 2.05) is 18.2 Å². The molecule has 2 aliphatic heterocycles. The van der Waals surface area contributed by atoms with Crippen molar-refractivity contribution in [3.05, 3.63) is 59.7 Å². The Bertz CT molecular complexity index is 1310.